The van der Waals surface area contributed by atoms with Gasteiger partial charge in [0.1, 0.15) is 0 Å². The van der Waals surface area contributed by atoms with Crippen LogP contribution in [0.15, 0.2) is 54.6 Å². The van der Waals surface area contributed by atoms with Crippen molar-refractivity contribution in [2.75, 3.05) is 14.2 Å². The van der Waals surface area contributed by atoms with Crippen LogP contribution in [0, 0.1) is 0 Å². The minimum Gasteiger partial charge on any atom is -0.467 e. The first-order valence-electron chi connectivity index (χ1n) is 8.84. The lowest BCUT2D eigenvalue weighted by Gasteiger charge is -2.29. The maximum atomic E-state index is 13.1. The average molecular weight is 366 g/mol. The van der Waals surface area contributed by atoms with E-state index in [1.165, 1.54) is 19.1 Å². The third kappa shape index (κ3) is 4.00. The van der Waals surface area contributed by atoms with E-state index in [0.717, 1.165) is 24.0 Å². The van der Waals surface area contributed by atoms with Crippen LogP contribution in [0.2, 0.25) is 0 Å². The van der Waals surface area contributed by atoms with E-state index in [4.69, 9.17) is 4.74 Å². The van der Waals surface area contributed by atoms with Crippen LogP contribution < -0.4 is 5.32 Å². The highest BCUT2D eigenvalue weighted by molar-refractivity contribution is 6.07. The Bertz CT molecular complexity index is 813. The van der Waals surface area contributed by atoms with Gasteiger partial charge < -0.3 is 15.0 Å². The monoisotopic (exact) mass is 366 g/mol. The smallest absolute Gasteiger partial charge is 0.338 e. The zero-order chi connectivity index (χ0) is 19.4. The van der Waals surface area contributed by atoms with E-state index in [-0.39, 0.29) is 11.9 Å². The molecule has 27 heavy (non-hydrogen) atoms. The fourth-order valence-corrected chi connectivity index (χ4v) is 3.03. The van der Waals surface area contributed by atoms with Crippen LogP contribution in [0.4, 0.5) is 0 Å². The molecular weight excluding hydrogens is 344 g/mol. The van der Waals surface area contributed by atoms with Crippen LogP contribution in [0.3, 0.4) is 0 Å². The first-order valence-corrected chi connectivity index (χ1v) is 8.84. The number of esters is 1. The van der Waals surface area contributed by atoms with Crippen molar-refractivity contribution in [1.29, 1.82) is 0 Å². The molecule has 1 N–H and O–H groups in total. The van der Waals surface area contributed by atoms with Gasteiger partial charge in [0, 0.05) is 18.7 Å². The summed E-state index contributed by atoms with van der Waals surface area (Å²) < 4.78 is 4.76. The van der Waals surface area contributed by atoms with Crippen molar-refractivity contribution in [3.63, 3.8) is 0 Å². The van der Waals surface area contributed by atoms with Crippen LogP contribution >= 0.6 is 0 Å². The van der Waals surface area contributed by atoms with E-state index in [1.54, 1.807) is 12.1 Å². The predicted octanol–water partition coefficient (Wildman–Crippen LogP) is 2.25. The molecule has 0 aliphatic heterocycles. The van der Waals surface area contributed by atoms with Crippen LogP contribution in [0.1, 0.15) is 23.2 Å². The number of likely N-dealkylation sites (N-methyl/N-ethyl adjacent to an activating group) is 1. The summed E-state index contributed by atoms with van der Waals surface area (Å²) in [5.41, 5.74) is 2.47. The van der Waals surface area contributed by atoms with Gasteiger partial charge in [-0.15, -0.1) is 0 Å². The van der Waals surface area contributed by atoms with E-state index >= 15 is 0 Å². The van der Waals surface area contributed by atoms with E-state index in [2.05, 4.69) is 5.32 Å². The van der Waals surface area contributed by atoms with Crippen molar-refractivity contribution in [1.82, 2.24) is 10.2 Å². The number of nitrogens with zero attached hydrogens (tertiary/aromatic N) is 1. The van der Waals surface area contributed by atoms with Crippen LogP contribution in [0.25, 0.3) is 11.1 Å². The van der Waals surface area contributed by atoms with Gasteiger partial charge >= 0.3 is 5.97 Å². The fourth-order valence-electron chi connectivity index (χ4n) is 3.03. The summed E-state index contributed by atoms with van der Waals surface area (Å²) in [7, 11) is 2.64. The zero-order valence-electron chi connectivity index (χ0n) is 15.3. The molecule has 140 valence electrons. The zero-order valence-corrected chi connectivity index (χ0v) is 15.3. The number of hydrogen-bond donors (Lipinski definition) is 1. The molecule has 2 aromatic carbocycles. The normalized spacial score (nSPS) is 14.1. The molecule has 1 fully saturated rings. The van der Waals surface area contributed by atoms with E-state index < -0.39 is 17.9 Å². The fraction of sp³-hybridized carbons (Fsp3) is 0.286. The molecule has 1 atom stereocenters. The van der Waals surface area contributed by atoms with Gasteiger partial charge in [-0.3, -0.25) is 9.59 Å². The number of ether oxygens (including phenoxy) is 1. The third-order valence-corrected chi connectivity index (χ3v) is 4.61. The maximum Gasteiger partial charge on any atom is 0.338 e. The molecule has 1 unspecified atom stereocenters. The maximum absolute atomic E-state index is 13.1. The topological polar surface area (TPSA) is 75.7 Å². The molecule has 3 rings (SSSR count). The Hall–Kier alpha value is -3.15. The predicted molar refractivity (Wildman–Crippen MR) is 101 cm³/mol. The molecule has 2 aromatic rings. The standard InChI is InChI=1S/C21H22N2O4/c1-22-19(24)18(21(26)27-2)23(17-12-13-17)20(25)16-10-8-15(9-11-16)14-6-4-3-5-7-14/h3-11,17-18H,12-13H2,1-2H3,(H,22,24). The number of benzene rings is 2. The molecule has 0 heterocycles. The molecule has 0 saturated heterocycles. The number of carbonyl (C=O) groups excluding carboxylic acids is 3. The lowest BCUT2D eigenvalue weighted by atomic mass is 10.0. The highest BCUT2D eigenvalue weighted by Gasteiger charge is 2.44. The summed E-state index contributed by atoms with van der Waals surface area (Å²) in [4.78, 5) is 38.9. The van der Waals surface area contributed by atoms with Crippen molar-refractivity contribution < 1.29 is 19.1 Å². The summed E-state index contributed by atoms with van der Waals surface area (Å²) in [6.45, 7) is 0. The van der Waals surface area contributed by atoms with Crippen LogP contribution in [-0.2, 0) is 14.3 Å². The van der Waals surface area contributed by atoms with E-state index in [1.807, 2.05) is 42.5 Å². The summed E-state index contributed by atoms with van der Waals surface area (Å²) >= 11 is 0. The minimum atomic E-state index is -1.28. The number of nitrogens with one attached hydrogen (secondary N) is 1. The summed E-state index contributed by atoms with van der Waals surface area (Å²) in [6, 6.07) is 15.6. The van der Waals surface area contributed by atoms with Crippen LogP contribution in [0.5, 0.6) is 0 Å². The molecule has 0 spiro atoms. The van der Waals surface area contributed by atoms with Gasteiger partial charge in [-0.25, -0.2) is 4.79 Å². The van der Waals surface area contributed by atoms with Gasteiger partial charge in [0.2, 0.25) is 6.04 Å². The molecule has 1 aliphatic rings. The Morgan fingerprint density at radius 1 is 1.00 bits per heavy atom. The number of carbonyl (C=O) groups is 3. The summed E-state index contributed by atoms with van der Waals surface area (Å²) in [5, 5.41) is 2.45. The third-order valence-electron chi connectivity index (χ3n) is 4.61. The van der Waals surface area contributed by atoms with Crippen molar-refractivity contribution in [2.45, 2.75) is 24.9 Å². The minimum absolute atomic E-state index is 0.132. The number of amides is 2. The number of rotatable bonds is 6. The van der Waals surface area contributed by atoms with Gasteiger partial charge in [0.25, 0.3) is 11.8 Å². The van der Waals surface area contributed by atoms with Gasteiger partial charge in [-0.1, -0.05) is 42.5 Å². The quantitative estimate of drug-likeness (QED) is 0.628. The Balaban J connectivity index is 1.89. The highest BCUT2D eigenvalue weighted by Crippen LogP contribution is 2.31. The summed E-state index contributed by atoms with van der Waals surface area (Å²) in [6.07, 6.45) is 1.52. The first kappa shape index (κ1) is 18.6. The molecule has 0 bridgehead atoms. The van der Waals surface area contributed by atoms with Crippen molar-refractivity contribution in [3.8, 4) is 11.1 Å². The second kappa shape index (κ2) is 8.03. The molecule has 1 aliphatic carbocycles. The van der Waals surface area contributed by atoms with Gasteiger partial charge in [0.05, 0.1) is 7.11 Å². The van der Waals surface area contributed by atoms with Gasteiger partial charge in [-0.2, -0.15) is 0 Å². The SMILES string of the molecule is CNC(=O)C(C(=O)OC)N(C(=O)c1ccc(-c2ccccc2)cc1)C1CC1. The average Bonchev–Trinajstić information content (AvgIpc) is 3.56. The van der Waals surface area contributed by atoms with Crippen molar-refractivity contribution in [3.05, 3.63) is 60.2 Å². The lowest BCUT2D eigenvalue weighted by molar-refractivity contribution is -0.150. The van der Waals surface area contributed by atoms with E-state index in [9.17, 15) is 14.4 Å². The molecule has 0 radical (unpaired) electrons. The Kier molecular flexibility index (Phi) is 5.54. The molecule has 6 heteroatoms. The summed E-state index contributed by atoms with van der Waals surface area (Å²) in [5.74, 6) is -1.64. The number of methoxy groups -OCH3 is 1. The van der Waals surface area contributed by atoms with Crippen molar-refractivity contribution >= 4 is 17.8 Å². The van der Waals surface area contributed by atoms with Gasteiger partial charge in [-0.05, 0) is 36.1 Å². The molecule has 6 nitrogen and oxygen atoms in total. The molecule has 0 aromatic heterocycles. The Morgan fingerprint density at radius 2 is 1.59 bits per heavy atom. The van der Waals surface area contributed by atoms with Crippen LogP contribution in [-0.4, -0.2) is 48.9 Å². The number of hydrogen-bond acceptors (Lipinski definition) is 4. The second-order valence-electron chi connectivity index (χ2n) is 6.43. The highest BCUT2D eigenvalue weighted by atomic mass is 16.5. The Labute approximate surface area is 158 Å². The molecule has 2 amide bonds. The Morgan fingerprint density at radius 3 is 2.11 bits per heavy atom. The molecule has 1 saturated carbocycles. The van der Waals surface area contributed by atoms with Crippen molar-refractivity contribution in [2.24, 2.45) is 0 Å². The largest absolute Gasteiger partial charge is 0.467 e. The molecular formula is C21H22N2O4. The first-order chi connectivity index (χ1) is 13.1. The second-order valence-corrected chi connectivity index (χ2v) is 6.43. The lowest BCUT2D eigenvalue weighted by Crippen LogP contribution is -2.54. The van der Waals surface area contributed by atoms with E-state index in [0.29, 0.717) is 5.56 Å². The van der Waals surface area contributed by atoms with Gasteiger partial charge in [0.15, 0.2) is 0 Å².